The van der Waals surface area contributed by atoms with Gasteiger partial charge in [0, 0.05) is 10.1 Å². The minimum Gasteiger partial charge on any atom is -0.496 e. The number of carbonyl (C=O) groups excluding carboxylic acids is 1. The van der Waals surface area contributed by atoms with Crippen molar-refractivity contribution in [1.29, 1.82) is 0 Å². The molecule has 0 amide bonds. The van der Waals surface area contributed by atoms with Crippen LogP contribution < -0.4 is 9.47 Å². The smallest absolute Gasteiger partial charge is 0.202 e. The first kappa shape index (κ1) is 13.6. The van der Waals surface area contributed by atoms with Crippen molar-refractivity contribution in [3.8, 4) is 10.8 Å². The first-order chi connectivity index (χ1) is 10.3. The Hall–Kier alpha value is -2.33. The fourth-order valence-corrected chi connectivity index (χ4v) is 3.36. The molecule has 0 aliphatic rings. The largest absolute Gasteiger partial charge is 0.496 e. The van der Waals surface area contributed by atoms with Crippen molar-refractivity contribution in [1.82, 2.24) is 0 Å². The molecule has 0 atom stereocenters. The lowest BCUT2D eigenvalue weighted by Crippen LogP contribution is -2.04. The molecule has 0 fully saturated rings. The molecule has 0 bridgehead atoms. The molecule has 0 aliphatic heterocycles. The third-order valence-corrected chi connectivity index (χ3v) is 4.46. The predicted octanol–water partition coefficient (Wildman–Crippen LogP) is 4.15. The fourth-order valence-electron chi connectivity index (χ4n) is 2.35. The number of para-hydroxylation sites is 1. The number of hydrogen-bond donors (Lipinski definition) is 0. The zero-order chi connectivity index (χ0) is 14.8. The van der Waals surface area contributed by atoms with Crippen molar-refractivity contribution in [3.05, 3.63) is 59.7 Å². The van der Waals surface area contributed by atoms with Crippen molar-refractivity contribution in [2.45, 2.75) is 0 Å². The van der Waals surface area contributed by atoms with E-state index in [4.69, 9.17) is 9.47 Å². The van der Waals surface area contributed by atoms with Gasteiger partial charge in [-0.15, -0.1) is 0 Å². The maximum absolute atomic E-state index is 12.9. The van der Waals surface area contributed by atoms with Crippen molar-refractivity contribution in [2.24, 2.45) is 0 Å². The van der Waals surface area contributed by atoms with Gasteiger partial charge in [0.15, 0.2) is 5.06 Å². The van der Waals surface area contributed by atoms with Crippen molar-refractivity contribution >= 4 is 27.2 Å². The zero-order valence-corrected chi connectivity index (χ0v) is 12.6. The molecular formula is C17H14O3S. The molecule has 0 aliphatic carbocycles. The molecule has 106 valence electrons. The number of ether oxygens (including phenoxy) is 2. The van der Waals surface area contributed by atoms with Gasteiger partial charge in [-0.25, -0.2) is 0 Å². The minimum absolute atomic E-state index is 0.0817. The molecule has 0 saturated carbocycles. The van der Waals surface area contributed by atoms with E-state index in [1.54, 1.807) is 26.4 Å². The number of methoxy groups -OCH3 is 2. The molecule has 0 N–H and O–H groups in total. The zero-order valence-electron chi connectivity index (χ0n) is 11.8. The highest BCUT2D eigenvalue weighted by atomic mass is 32.1. The van der Waals surface area contributed by atoms with E-state index in [1.165, 1.54) is 11.3 Å². The molecule has 3 aromatic rings. The van der Waals surface area contributed by atoms with Gasteiger partial charge in [-0.3, -0.25) is 4.79 Å². The Morgan fingerprint density at radius 1 is 0.952 bits per heavy atom. The summed E-state index contributed by atoms with van der Waals surface area (Å²) in [6.45, 7) is 0. The van der Waals surface area contributed by atoms with Gasteiger partial charge in [-0.05, 0) is 18.2 Å². The summed E-state index contributed by atoms with van der Waals surface area (Å²) in [4.78, 5) is 12.9. The van der Waals surface area contributed by atoms with E-state index in [0.717, 1.165) is 10.1 Å². The van der Waals surface area contributed by atoms with E-state index < -0.39 is 0 Å². The Kier molecular flexibility index (Phi) is 3.62. The molecule has 0 unspecified atom stereocenters. The highest BCUT2D eigenvalue weighted by Gasteiger charge is 2.23. The van der Waals surface area contributed by atoms with E-state index >= 15 is 0 Å². The van der Waals surface area contributed by atoms with Gasteiger partial charge in [0.1, 0.15) is 5.75 Å². The summed E-state index contributed by atoms with van der Waals surface area (Å²) >= 11 is 1.48. The van der Waals surface area contributed by atoms with Gasteiger partial charge in [-0.2, -0.15) is 0 Å². The van der Waals surface area contributed by atoms with Gasteiger partial charge in [0.2, 0.25) is 5.78 Å². The predicted molar refractivity (Wildman–Crippen MR) is 84.8 cm³/mol. The second-order valence-electron chi connectivity index (χ2n) is 4.49. The number of rotatable bonds is 4. The number of fused-ring (bicyclic) bond motifs is 1. The first-order valence-corrected chi connectivity index (χ1v) is 7.31. The van der Waals surface area contributed by atoms with Gasteiger partial charge < -0.3 is 9.47 Å². The van der Waals surface area contributed by atoms with E-state index in [-0.39, 0.29) is 5.78 Å². The van der Waals surface area contributed by atoms with Gasteiger partial charge in [0.05, 0.1) is 25.3 Å². The second kappa shape index (κ2) is 5.58. The molecular weight excluding hydrogens is 284 g/mol. The lowest BCUT2D eigenvalue weighted by molar-refractivity contribution is 0.103. The van der Waals surface area contributed by atoms with Crippen molar-refractivity contribution in [2.75, 3.05) is 14.2 Å². The van der Waals surface area contributed by atoms with E-state index in [1.807, 2.05) is 36.4 Å². The van der Waals surface area contributed by atoms with Crippen LogP contribution in [0.15, 0.2) is 48.5 Å². The minimum atomic E-state index is -0.0817. The second-order valence-corrected chi connectivity index (χ2v) is 5.51. The quantitative estimate of drug-likeness (QED) is 0.679. The van der Waals surface area contributed by atoms with Crippen LogP contribution in [0.3, 0.4) is 0 Å². The van der Waals surface area contributed by atoms with Crippen LogP contribution >= 0.6 is 11.3 Å². The highest BCUT2D eigenvalue weighted by Crippen LogP contribution is 2.39. The van der Waals surface area contributed by atoms with E-state index in [0.29, 0.717) is 21.9 Å². The maximum Gasteiger partial charge on any atom is 0.202 e. The Morgan fingerprint density at radius 3 is 2.43 bits per heavy atom. The van der Waals surface area contributed by atoms with Gasteiger partial charge in [0.25, 0.3) is 0 Å². The lowest BCUT2D eigenvalue weighted by Gasteiger charge is -2.08. The van der Waals surface area contributed by atoms with Crippen LogP contribution in [-0.2, 0) is 0 Å². The molecule has 3 rings (SSSR count). The molecule has 1 aromatic heterocycles. The van der Waals surface area contributed by atoms with Gasteiger partial charge in [-0.1, -0.05) is 41.7 Å². The standard InChI is InChI=1S/C17H14O3S/c1-19-13-9-5-3-7-11(13)16(18)15-12-8-4-6-10-14(12)21-17(15)20-2/h3-10H,1-2H3. The maximum atomic E-state index is 12.9. The van der Waals surface area contributed by atoms with Crippen LogP contribution in [0.2, 0.25) is 0 Å². The molecule has 0 saturated heterocycles. The average Bonchev–Trinajstić information content (AvgIpc) is 2.92. The third-order valence-electron chi connectivity index (χ3n) is 3.33. The van der Waals surface area contributed by atoms with Crippen LogP contribution in [0.4, 0.5) is 0 Å². The third kappa shape index (κ3) is 2.28. The molecule has 2 aromatic carbocycles. The fraction of sp³-hybridized carbons (Fsp3) is 0.118. The van der Waals surface area contributed by atoms with Crippen LogP contribution in [-0.4, -0.2) is 20.0 Å². The molecule has 0 spiro atoms. The molecule has 1 heterocycles. The molecule has 21 heavy (non-hydrogen) atoms. The topological polar surface area (TPSA) is 35.5 Å². The molecule has 3 nitrogen and oxygen atoms in total. The Morgan fingerprint density at radius 2 is 1.67 bits per heavy atom. The first-order valence-electron chi connectivity index (χ1n) is 6.49. The average molecular weight is 298 g/mol. The Labute approximate surface area is 126 Å². The van der Waals surface area contributed by atoms with Crippen molar-refractivity contribution < 1.29 is 14.3 Å². The summed E-state index contributed by atoms with van der Waals surface area (Å²) in [7, 11) is 3.15. The van der Waals surface area contributed by atoms with Crippen LogP contribution in [0.25, 0.3) is 10.1 Å². The highest BCUT2D eigenvalue weighted by molar-refractivity contribution is 7.21. The van der Waals surface area contributed by atoms with Crippen LogP contribution in [0.5, 0.6) is 10.8 Å². The molecule has 0 radical (unpaired) electrons. The van der Waals surface area contributed by atoms with E-state index in [2.05, 4.69) is 0 Å². The van der Waals surface area contributed by atoms with E-state index in [9.17, 15) is 4.79 Å². The number of benzene rings is 2. The van der Waals surface area contributed by atoms with Gasteiger partial charge >= 0.3 is 0 Å². The van der Waals surface area contributed by atoms with Crippen LogP contribution in [0.1, 0.15) is 15.9 Å². The lowest BCUT2D eigenvalue weighted by atomic mass is 10.0. The Bertz CT molecular complexity index is 805. The summed E-state index contributed by atoms with van der Waals surface area (Å²) in [6.07, 6.45) is 0. The Balaban J connectivity index is 2.22. The summed E-state index contributed by atoms with van der Waals surface area (Å²) in [5, 5.41) is 1.54. The number of carbonyl (C=O) groups is 1. The SMILES string of the molecule is COc1ccccc1C(=O)c1c(OC)sc2ccccc12. The summed E-state index contributed by atoms with van der Waals surface area (Å²) < 4.78 is 11.7. The summed E-state index contributed by atoms with van der Waals surface area (Å²) in [5.41, 5.74) is 1.14. The molecule has 4 heteroatoms. The summed E-state index contributed by atoms with van der Waals surface area (Å²) in [6, 6.07) is 15.0. The number of ketones is 1. The summed E-state index contributed by atoms with van der Waals surface area (Å²) in [5.74, 6) is 0.488. The van der Waals surface area contributed by atoms with Crippen molar-refractivity contribution in [3.63, 3.8) is 0 Å². The van der Waals surface area contributed by atoms with Crippen LogP contribution in [0, 0.1) is 0 Å². The number of thiophene rings is 1. The number of hydrogen-bond acceptors (Lipinski definition) is 4. The monoisotopic (exact) mass is 298 g/mol. The normalized spacial score (nSPS) is 10.6.